The number of rotatable bonds is 8. The van der Waals surface area contributed by atoms with Crippen LogP contribution >= 0.6 is 11.3 Å². The summed E-state index contributed by atoms with van der Waals surface area (Å²) in [6, 6.07) is 93.3. The Morgan fingerprint density at radius 2 is 0.776 bits per heavy atom. The fourth-order valence-corrected chi connectivity index (χ4v) is 11.4. The SMILES string of the molecule is c1ccc(-c2ccc(-c3ccc(N(c4ccccc4)c4ccc(-c5ccccc5-n5c6ccccc6c6ccccc65)cc4-c4ccc5sc6ccccc6c5c4)cc3)c3ccccc23)cc1. The molecule has 0 aliphatic heterocycles. The maximum absolute atomic E-state index is 2.44. The lowest BCUT2D eigenvalue weighted by Crippen LogP contribution is -2.11. The largest absolute Gasteiger partial charge is 0.310 e. The molecule has 0 atom stereocenters. The van der Waals surface area contributed by atoms with Gasteiger partial charge in [0.25, 0.3) is 0 Å². The van der Waals surface area contributed by atoms with Crippen molar-refractivity contribution in [2.45, 2.75) is 0 Å². The maximum atomic E-state index is 2.44. The van der Waals surface area contributed by atoms with Crippen LogP contribution in [0.5, 0.6) is 0 Å². The minimum Gasteiger partial charge on any atom is -0.310 e. The molecule has 314 valence electrons. The molecule has 0 spiro atoms. The second-order valence-corrected chi connectivity index (χ2v) is 18.3. The summed E-state index contributed by atoms with van der Waals surface area (Å²) in [4.78, 5) is 2.42. The molecule has 0 fully saturated rings. The first-order valence-electron chi connectivity index (χ1n) is 22.9. The quantitative estimate of drug-likeness (QED) is 0.148. The van der Waals surface area contributed by atoms with Gasteiger partial charge in [0.2, 0.25) is 0 Å². The molecule has 2 heterocycles. The molecule has 0 N–H and O–H groups in total. The van der Waals surface area contributed by atoms with Crippen molar-refractivity contribution in [3.63, 3.8) is 0 Å². The number of nitrogens with zero attached hydrogens (tertiary/aromatic N) is 2. The van der Waals surface area contributed by atoms with Crippen molar-refractivity contribution in [3.05, 3.63) is 255 Å². The highest BCUT2D eigenvalue weighted by atomic mass is 32.1. The molecule has 0 saturated carbocycles. The smallest absolute Gasteiger partial charge is 0.0541 e. The van der Waals surface area contributed by atoms with Gasteiger partial charge in [0.05, 0.1) is 22.4 Å². The van der Waals surface area contributed by atoms with Crippen LogP contribution in [-0.4, -0.2) is 4.57 Å². The van der Waals surface area contributed by atoms with Gasteiger partial charge in [0, 0.05) is 53.4 Å². The van der Waals surface area contributed by atoms with Crippen LogP contribution in [-0.2, 0) is 0 Å². The molecule has 2 aromatic heterocycles. The highest BCUT2D eigenvalue weighted by Gasteiger charge is 2.22. The van der Waals surface area contributed by atoms with Gasteiger partial charge in [-0.05, 0) is 117 Å². The van der Waals surface area contributed by atoms with Crippen LogP contribution in [0, 0.1) is 0 Å². The summed E-state index contributed by atoms with van der Waals surface area (Å²) >= 11 is 1.86. The molecule has 0 aliphatic carbocycles. The molecular weight excluding hydrogens is 829 g/mol. The predicted octanol–water partition coefficient (Wildman–Crippen LogP) is 18.4. The van der Waals surface area contributed by atoms with Gasteiger partial charge in [-0.25, -0.2) is 0 Å². The van der Waals surface area contributed by atoms with Gasteiger partial charge in [-0.3, -0.25) is 0 Å². The lowest BCUT2D eigenvalue weighted by atomic mass is 9.92. The van der Waals surface area contributed by atoms with Crippen LogP contribution in [0.1, 0.15) is 0 Å². The lowest BCUT2D eigenvalue weighted by Gasteiger charge is -2.29. The van der Waals surface area contributed by atoms with Gasteiger partial charge in [-0.2, -0.15) is 0 Å². The molecule has 0 amide bonds. The zero-order valence-corrected chi connectivity index (χ0v) is 37.4. The molecule has 11 aromatic carbocycles. The van der Waals surface area contributed by atoms with E-state index >= 15 is 0 Å². The van der Waals surface area contributed by atoms with Gasteiger partial charge >= 0.3 is 0 Å². The predicted molar refractivity (Wildman–Crippen MR) is 288 cm³/mol. The first-order valence-corrected chi connectivity index (χ1v) is 23.7. The third kappa shape index (κ3) is 6.63. The van der Waals surface area contributed by atoms with Gasteiger partial charge in [-0.15, -0.1) is 11.3 Å². The summed E-state index contributed by atoms with van der Waals surface area (Å²) in [7, 11) is 0. The summed E-state index contributed by atoms with van der Waals surface area (Å²) in [5.74, 6) is 0. The van der Waals surface area contributed by atoms with Crippen LogP contribution in [0.3, 0.4) is 0 Å². The van der Waals surface area contributed by atoms with Crippen molar-refractivity contribution in [1.29, 1.82) is 0 Å². The highest BCUT2D eigenvalue weighted by Crippen LogP contribution is 2.46. The minimum atomic E-state index is 1.09. The molecule has 13 rings (SSSR count). The van der Waals surface area contributed by atoms with Gasteiger partial charge < -0.3 is 9.47 Å². The Morgan fingerprint density at radius 1 is 0.284 bits per heavy atom. The molecule has 2 nitrogen and oxygen atoms in total. The van der Waals surface area contributed by atoms with Crippen LogP contribution in [0.25, 0.3) is 103 Å². The number of thiophene rings is 1. The molecule has 67 heavy (non-hydrogen) atoms. The first kappa shape index (κ1) is 38.9. The van der Waals surface area contributed by atoms with Crippen molar-refractivity contribution in [3.8, 4) is 50.2 Å². The fraction of sp³-hybridized carbons (Fsp3) is 0. The number of fused-ring (bicyclic) bond motifs is 7. The van der Waals surface area contributed by atoms with Crippen LogP contribution < -0.4 is 4.90 Å². The lowest BCUT2D eigenvalue weighted by molar-refractivity contribution is 1.18. The normalized spacial score (nSPS) is 11.6. The minimum absolute atomic E-state index is 1.09. The average molecular weight is 871 g/mol. The Hall–Kier alpha value is -8.50. The highest BCUT2D eigenvalue weighted by molar-refractivity contribution is 7.25. The molecule has 13 aromatic rings. The Labute approximate surface area is 393 Å². The number of aromatic nitrogens is 1. The van der Waals surface area contributed by atoms with Gasteiger partial charge in [0.1, 0.15) is 0 Å². The van der Waals surface area contributed by atoms with Gasteiger partial charge in [-0.1, -0.05) is 182 Å². The van der Waals surface area contributed by atoms with E-state index in [1.54, 1.807) is 0 Å². The number of anilines is 3. The number of para-hydroxylation sites is 4. The molecule has 3 heteroatoms. The zero-order chi connectivity index (χ0) is 44.3. The zero-order valence-electron chi connectivity index (χ0n) is 36.6. The Kier molecular flexibility index (Phi) is 9.40. The molecular formula is C64H42N2S. The first-order chi connectivity index (χ1) is 33.2. The number of benzene rings is 11. The number of hydrogen-bond acceptors (Lipinski definition) is 2. The molecule has 0 unspecified atom stereocenters. The number of hydrogen-bond donors (Lipinski definition) is 0. The van der Waals surface area contributed by atoms with E-state index in [0.717, 1.165) is 33.9 Å². The molecule has 0 aliphatic rings. The standard InChI is InChI=1S/C64H42N2S/c1-3-17-43(18-4-1)49-37-38-50(53-23-8-7-22-52(49)53)44-31-35-48(36-32-44)65(47-19-5-2-6-20-47)62-39-33-45(41-57(62)46-34-40-64-58(42-46)56-26-12-16-30-63(56)67-64)51-21-9-13-27-59(51)66-60-28-14-10-24-54(60)55-25-11-15-29-61(55)66/h1-42H. The van der Waals surface area contributed by atoms with E-state index in [1.807, 2.05) is 11.3 Å². The summed E-state index contributed by atoms with van der Waals surface area (Å²) in [6.45, 7) is 0. The van der Waals surface area contributed by atoms with Gasteiger partial charge in [0.15, 0.2) is 0 Å². The monoisotopic (exact) mass is 870 g/mol. The van der Waals surface area contributed by atoms with Crippen LogP contribution in [0.2, 0.25) is 0 Å². The van der Waals surface area contributed by atoms with E-state index < -0.39 is 0 Å². The van der Waals surface area contributed by atoms with E-state index in [1.165, 1.54) is 86.1 Å². The topological polar surface area (TPSA) is 8.17 Å². The van der Waals surface area contributed by atoms with Crippen LogP contribution in [0.15, 0.2) is 255 Å². The van der Waals surface area contributed by atoms with Crippen molar-refractivity contribution in [1.82, 2.24) is 4.57 Å². The summed E-state index contributed by atoms with van der Waals surface area (Å²) in [5, 5.41) is 7.57. The van der Waals surface area contributed by atoms with Crippen molar-refractivity contribution >= 4 is 81.1 Å². The summed E-state index contributed by atoms with van der Waals surface area (Å²) in [5.41, 5.74) is 16.3. The second kappa shape index (κ2) is 16.2. The fourth-order valence-electron chi connectivity index (χ4n) is 10.3. The Balaban J connectivity index is 1.00. The summed E-state index contributed by atoms with van der Waals surface area (Å²) in [6.07, 6.45) is 0. The maximum Gasteiger partial charge on any atom is 0.0541 e. The summed E-state index contributed by atoms with van der Waals surface area (Å²) < 4.78 is 5.03. The molecule has 0 saturated heterocycles. The van der Waals surface area contributed by atoms with E-state index in [-0.39, 0.29) is 0 Å². The van der Waals surface area contributed by atoms with E-state index in [4.69, 9.17) is 0 Å². The molecule has 0 radical (unpaired) electrons. The molecule has 0 bridgehead atoms. The van der Waals surface area contributed by atoms with E-state index in [2.05, 4.69) is 264 Å². The van der Waals surface area contributed by atoms with Crippen molar-refractivity contribution < 1.29 is 0 Å². The van der Waals surface area contributed by atoms with E-state index in [9.17, 15) is 0 Å². The van der Waals surface area contributed by atoms with Crippen molar-refractivity contribution in [2.24, 2.45) is 0 Å². The second-order valence-electron chi connectivity index (χ2n) is 17.2. The van der Waals surface area contributed by atoms with Crippen molar-refractivity contribution in [2.75, 3.05) is 4.90 Å². The third-order valence-corrected chi connectivity index (χ3v) is 14.6. The average Bonchev–Trinajstić information content (AvgIpc) is 3.95. The van der Waals surface area contributed by atoms with E-state index in [0.29, 0.717) is 0 Å². The van der Waals surface area contributed by atoms with Crippen LogP contribution in [0.4, 0.5) is 17.1 Å². The Bertz CT molecular complexity index is 3920. The third-order valence-electron chi connectivity index (χ3n) is 13.4. The Morgan fingerprint density at radius 3 is 1.48 bits per heavy atom.